The summed E-state index contributed by atoms with van der Waals surface area (Å²) in [5, 5.41) is 15.0. The van der Waals surface area contributed by atoms with Gasteiger partial charge >= 0.3 is 5.97 Å². The summed E-state index contributed by atoms with van der Waals surface area (Å²) in [6.45, 7) is 3.90. The number of hydrogen-bond acceptors (Lipinski definition) is 8. The molecule has 0 saturated carbocycles. The summed E-state index contributed by atoms with van der Waals surface area (Å²) in [4.78, 5) is 19.8. The van der Waals surface area contributed by atoms with Crippen molar-refractivity contribution in [2.75, 3.05) is 26.8 Å². The molecule has 3 aromatic heterocycles. The Morgan fingerprint density at radius 3 is 2.57 bits per heavy atom. The van der Waals surface area contributed by atoms with Crippen molar-refractivity contribution in [3.8, 4) is 11.5 Å². The average molecular weight is 591 g/mol. The van der Waals surface area contributed by atoms with Crippen molar-refractivity contribution in [3.05, 3.63) is 101 Å². The zero-order valence-corrected chi connectivity index (χ0v) is 24.8. The highest BCUT2D eigenvalue weighted by Crippen LogP contribution is 2.48. The van der Waals surface area contributed by atoms with E-state index >= 15 is 0 Å². The number of aromatic hydroxyl groups is 1. The van der Waals surface area contributed by atoms with Crippen LogP contribution in [-0.2, 0) is 11.2 Å². The van der Waals surface area contributed by atoms with E-state index in [1.807, 2.05) is 60.7 Å². The van der Waals surface area contributed by atoms with Crippen molar-refractivity contribution in [1.29, 1.82) is 0 Å². The third-order valence-corrected chi connectivity index (χ3v) is 8.63. The second-order valence-electron chi connectivity index (χ2n) is 11.3. The maximum Gasteiger partial charge on any atom is 0.342 e. The Labute approximate surface area is 254 Å². The molecule has 0 spiro atoms. The first-order valence-corrected chi connectivity index (χ1v) is 15.1. The molecule has 4 heterocycles. The predicted molar refractivity (Wildman–Crippen MR) is 168 cm³/mol. The molecule has 1 aliphatic heterocycles. The van der Waals surface area contributed by atoms with Crippen LogP contribution in [-0.4, -0.2) is 47.8 Å². The van der Waals surface area contributed by atoms with Gasteiger partial charge in [0.15, 0.2) is 0 Å². The lowest BCUT2D eigenvalue weighted by molar-refractivity contribution is 0.0600. The number of carbonyl (C=O) groups is 1. The molecule has 0 radical (unpaired) electrons. The van der Waals surface area contributed by atoms with E-state index < -0.39 is 5.97 Å². The Balaban J connectivity index is 1.34. The topological polar surface area (TPSA) is 98.2 Å². The predicted octanol–water partition coefficient (Wildman–Crippen LogP) is 7.72. The number of likely N-dealkylation sites (tertiary alicyclic amines) is 1. The summed E-state index contributed by atoms with van der Waals surface area (Å²) < 4.78 is 23.7. The van der Waals surface area contributed by atoms with Gasteiger partial charge in [-0.25, -0.2) is 4.79 Å². The quantitative estimate of drug-likeness (QED) is 0.180. The highest BCUT2D eigenvalue weighted by Gasteiger charge is 2.34. The number of methoxy groups -OCH3 is 1. The maximum absolute atomic E-state index is 13.2. The zero-order valence-electron chi connectivity index (χ0n) is 24.8. The van der Waals surface area contributed by atoms with Crippen molar-refractivity contribution in [2.24, 2.45) is 0 Å². The van der Waals surface area contributed by atoms with Gasteiger partial charge < -0.3 is 23.4 Å². The number of rotatable bonds is 8. The fourth-order valence-electron chi connectivity index (χ4n) is 6.59. The first-order chi connectivity index (χ1) is 21.5. The van der Waals surface area contributed by atoms with E-state index in [-0.39, 0.29) is 11.8 Å². The van der Waals surface area contributed by atoms with Crippen molar-refractivity contribution in [3.63, 3.8) is 0 Å². The maximum atomic E-state index is 13.2. The highest BCUT2D eigenvalue weighted by molar-refractivity contribution is 6.17. The van der Waals surface area contributed by atoms with Crippen LogP contribution in [0.15, 0.2) is 81.9 Å². The number of esters is 1. The normalized spacial score (nSPS) is 14.8. The molecule has 3 aromatic carbocycles. The molecule has 8 nitrogen and oxygen atoms in total. The third-order valence-electron chi connectivity index (χ3n) is 8.63. The molecule has 7 rings (SSSR count). The van der Waals surface area contributed by atoms with Gasteiger partial charge in [0, 0.05) is 45.9 Å². The van der Waals surface area contributed by atoms with Gasteiger partial charge in [0.05, 0.1) is 19.8 Å². The number of benzene rings is 3. The Bertz CT molecular complexity index is 1940. The van der Waals surface area contributed by atoms with Crippen LogP contribution >= 0.6 is 0 Å². The molecule has 224 valence electrons. The van der Waals surface area contributed by atoms with Crippen LogP contribution in [0.25, 0.3) is 32.7 Å². The van der Waals surface area contributed by atoms with Crippen LogP contribution in [0, 0.1) is 6.92 Å². The molecule has 1 saturated heterocycles. The average Bonchev–Trinajstić information content (AvgIpc) is 3.63. The minimum atomic E-state index is -0.508. The molecular weight excluding hydrogens is 556 g/mol. The number of carbonyl (C=O) groups excluding carboxylic acids is 1. The van der Waals surface area contributed by atoms with E-state index in [4.69, 9.17) is 18.3 Å². The Morgan fingerprint density at radius 1 is 1.00 bits per heavy atom. The molecule has 1 unspecified atom stereocenters. The number of aromatic nitrogens is 1. The number of hydrogen-bond donors (Lipinski definition) is 1. The van der Waals surface area contributed by atoms with Gasteiger partial charge in [-0.15, -0.1) is 0 Å². The largest absolute Gasteiger partial charge is 0.507 e. The lowest BCUT2D eigenvalue weighted by atomic mass is 9.88. The van der Waals surface area contributed by atoms with E-state index in [0.717, 1.165) is 54.6 Å². The molecule has 44 heavy (non-hydrogen) atoms. The van der Waals surface area contributed by atoms with E-state index in [2.05, 4.69) is 9.88 Å². The molecule has 0 amide bonds. The number of pyridine rings is 1. The number of aryl methyl sites for hydroxylation is 1. The molecule has 8 heteroatoms. The second-order valence-corrected chi connectivity index (χ2v) is 11.3. The first-order valence-electron chi connectivity index (χ1n) is 15.1. The number of phenols is 1. The summed E-state index contributed by atoms with van der Waals surface area (Å²) in [5.74, 6) is 1.51. The van der Waals surface area contributed by atoms with Crippen molar-refractivity contribution in [1.82, 2.24) is 9.88 Å². The fraction of sp³-hybridized carbons (Fsp3) is 0.278. The van der Waals surface area contributed by atoms with Crippen LogP contribution in [0.2, 0.25) is 0 Å². The SMILES string of the molecule is COC(=O)c1c(C)oc2c1c(C(c1ccncc1)N1CCCCC1)c(O)c1ccc(OCCc3cc4ccccc4o3)cc12. The van der Waals surface area contributed by atoms with E-state index in [9.17, 15) is 9.90 Å². The number of para-hydroxylation sites is 1. The van der Waals surface area contributed by atoms with Crippen molar-refractivity contribution in [2.45, 2.75) is 38.6 Å². The van der Waals surface area contributed by atoms with Gasteiger partial charge in [-0.2, -0.15) is 0 Å². The van der Waals surface area contributed by atoms with Gasteiger partial charge in [-0.1, -0.05) is 24.6 Å². The molecule has 6 aromatic rings. The number of ether oxygens (including phenoxy) is 2. The van der Waals surface area contributed by atoms with E-state index in [0.29, 0.717) is 57.4 Å². The number of fused-ring (bicyclic) bond motifs is 4. The minimum Gasteiger partial charge on any atom is -0.507 e. The number of nitrogens with zero attached hydrogens (tertiary/aromatic N) is 2. The molecule has 0 aliphatic carbocycles. The molecular formula is C36H34N2O6. The summed E-state index contributed by atoms with van der Waals surface area (Å²) >= 11 is 0. The number of phenolic OH excluding ortho intramolecular Hbond substituents is 1. The van der Waals surface area contributed by atoms with Crippen LogP contribution < -0.4 is 4.74 Å². The highest BCUT2D eigenvalue weighted by atomic mass is 16.5. The van der Waals surface area contributed by atoms with Crippen LogP contribution in [0.5, 0.6) is 11.5 Å². The smallest absolute Gasteiger partial charge is 0.342 e. The summed E-state index contributed by atoms with van der Waals surface area (Å²) in [6.07, 6.45) is 7.40. The molecule has 0 bridgehead atoms. The van der Waals surface area contributed by atoms with E-state index in [1.54, 1.807) is 19.3 Å². The van der Waals surface area contributed by atoms with Gasteiger partial charge in [-0.05, 0) is 80.9 Å². The molecule has 1 N–H and O–H groups in total. The third kappa shape index (κ3) is 4.95. The fourth-order valence-corrected chi connectivity index (χ4v) is 6.59. The Morgan fingerprint density at radius 2 is 1.80 bits per heavy atom. The van der Waals surface area contributed by atoms with Gasteiger partial charge in [-0.3, -0.25) is 9.88 Å². The van der Waals surface area contributed by atoms with Gasteiger partial charge in [0.2, 0.25) is 0 Å². The van der Waals surface area contributed by atoms with Crippen LogP contribution in [0.4, 0.5) is 0 Å². The van der Waals surface area contributed by atoms with Crippen LogP contribution in [0.3, 0.4) is 0 Å². The van der Waals surface area contributed by atoms with Gasteiger partial charge in [0.1, 0.15) is 39.7 Å². The second kappa shape index (κ2) is 11.7. The Kier molecular flexibility index (Phi) is 7.44. The minimum absolute atomic E-state index is 0.111. The molecule has 1 aliphatic rings. The molecule has 1 atom stereocenters. The summed E-state index contributed by atoms with van der Waals surface area (Å²) in [7, 11) is 1.36. The lowest BCUT2D eigenvalue weighted by Gasteiger charge is -2.36. The van der Waals surface area contributed by atoms with Gasteiger partial charge in [0.25, 0.3) is 0 Å². The monoisotopic (exact) mass is 590 g/mol. The van der Waals surface area contributed by atoms with Crippen molar-refractivity contribution >= 4 is 38.7 Å². The molecule has 1 fully saturated rings. The van der Waals surface area contributed by atoms with Crippen LogP contribution in [0.1, 0.15) is 58.3 Å². The Hall–Kier alpha value is -4.82. The summed E-state index contributed by atoms with van der Waals surface area (Å²) in [5.41, 5.74) is 3.31. The zero-order chi connectivity index (χ0) is 30.2. The number of piperidine rings is 1. The standard InChI is InChI=1S/C36H34N2O6/c1-22-30(36(40)41-2)31-32(33(23-12-15-37-16-13-23)38-17-6-3-7-18-38)34(39)27-11-10-25(21-28(27)35(31)43-22)42-19-14-26-20-24-8-4-5-9-29(24)44-26/h4-5,8-13,15-16,20-21,33,39H,3,6-7,14,17-19H2,1-2H3. The number of furan rings is 2. The van der Waals surface area contributed by atoms with Crippen molar-refractivity contribution < 1.29 is 28.2 Å². The summed E-state index contributed by atoms with van der Waals surface area (Å²) in [6, 6.07) is 19.2. The lowest BCUT2D eigenvalue weighted by Crippen LogP contribution is -2.34. The first kappa shape index (κ1) is 28.0. The van der Waals surface area contributed by atoms with E-state index in [1.165, 1.54) is 7.11 Å².